The van der Waals surface area contributed by atoms with E-state index in [2.05, 4.69) is 5.32 Å². The van der Waals surface area contributed by atoms with Gasteiger partial charge in [-0.05, 0) is 32.2 Å². The Hall–Kier alpha value is -0.0400. The molecule has 0 atom stereocenters. The van der Waals surface area contributed by atoms with Crippen molar-refractivity contribution in [1.29, 1.82) is 0 Å². The fourth-order valence-corrected chi connectivity index (χ4v) is 1.45. The van der Waals surface area contributed by atoms with Crippen LogP contribution in [0.15, 0.2) is 0 Å². The Labute approximate surface area is 57.8 Å². The zero-order chi connectivity index (χ0) is 6.74. The van der Waals surface area contributed by atoms with Gasteiger partial charge in [-0.15, -0.1) is 0 Å². The summed E-state index contributed by atoms with van der Waals surface area (Å²) < 4.78 is 0. The van der Waals surface area contributed by atoms with Crippen molar-refractivity contribution < 1.29 is 0 Å². The van der Waals surface area contributed by atoms with Crippen LogP contribution < -0.4 is 5.32 Å². The van der Waals surface area contributed by atoms with E-state index in [-0.39, 0.29) is 0 Å². The molecule has 0 bridgehead atoms. The summed E-state index contributed by atoms with van der Waals surface area (Å²) in [5, 5.41) is 3.51. The molecular formula is C8H17N. The van der Waals surface area contributed by atoms with E-state index < -0.39 is 0 Å². The molecule has 1 spiro atoms. The maximum Gasteiger partial charge on any atom is 0.0183 e. The van der Waals surface area contributed by atoms with Crippen LogP contribution in [0, 0.1) is 0 Å². The second-order valence-corrected chi connectivity index (χ2v) is 2.81. The second-order valence-electron chi connectivity index (χ2n) is 2.81. The van der Waals surface area contributed by atoms with Gasteiger partial charge in [0.15, 0.2) is 0 Å². The fraction of sp³-hybridized carbons (Fsp3) is 1.00. The third-order valence-electron chi connectivity index (χ3n) is 2.19. The molecule has 1 saturated heterocycles. The van der Waals surface area contributed by atoms with Crippen molar-refractivity contribution >= 4 is 0 Å². The molecule has 1 nitrogen and oxygen atoms in total. The lowest BCUT2D eigenvalue weighted by atomic mass is 10.2. The zero-order valence-corrected chi connectivity index (χ0v) is 6.54. The first-order valence-corrected chi connectivity index (χ1v) is 4.16. The van der Waals surface area contributed by atoms with E-state index >= 15 is 0 Å². The monoisotopic (exact) mass is 127 g/mol. The molecule has 0 amide bonds. The highest BCUT2D eigenvalue weighted by Gasteiger charge is 2.43. The first-order chi connectivity index (χ1) is 4.41. The van der Waals surface area contributed by atoms with E-state index in [4.69, 9.17) is 0 Å². The van der Waals surface area contributed by atoms with Crippen LogP contribution in [0.4, 0.5) is 0 Å². The Morgan fingerprint density at radius 2 is 1.78 bits per heavy atom. The summed E-state index contributed by atoms with van der Waals surface area (Å²) in [5.41, 5.74) is 0.694. The van der Waals surface area contributed by atoms with Crippen molar-refractivity contribution in [3.8, 4) is 0 Å². The molecule has 0 aromatic heterocycles. The summed E-state index contributed by atoms with van der Waals surface area (Å²) >= 11 is 0. The lowest BCUT2D eigenvalue weighted by molar-refractivity contribution is 0.601. The molecule has 54 valence electrons. The molecule has 1 N–H and O–H groups in total. The Morgan fingerprint density at radius 1 is 1.11 bits per heavy atom. The number of nitrogens with one attached hydrogen (secondary N) is 1. The highest BCUT2D eigenvalue weighted by atomic mass is 15.0. The molecule has 0 aromatic rings. The maximum absolute atomic E-state index is 3.51. The molecule has 2 rings (SSSR count). The lowest BCUT2D eigenvalue weighted by Crippen LogP contribution is -2.22. The summed E-state index contributed by atoms with van der Waals surface area (Å²) in [7, 11) is 0. The molecule has 0 unspecified atom stereocenters. The molecule has 0 radical (unpaired) electrons. The summed E-state index contributed by atoms with van der Waals surface area (Å²) in [4.78, 5) is 0. The van der Waals surface area contributed by atoms with E-state index in [0.29, 0.717) is 5.54 Å². The molecule has 1 aliphatic carbocycles. The average molecular weight is 127 g/mol. The average Bonchev–Trinajstić information content (AvgIpc) is 2.46. The van der Waals surface area contributed by atoms with Gasteiger partial charge in [-0.25, -0.2) is 0 Å². The molecule has 1 heteroatoms. The SMILES string of the molecule is C1CNC2(C1)CC2.CC. The van der Waals surface area contributed by atoms with Gasteiger partial charge >= 0.3 is 0 Å². The molecule has 2 aliphatic rings. The van der Waals surface area contributed by atoms with E-state index in [9.17, 15) is 0 Å². The van der Waals surface area contributed by atoms with Gasteiger partial charge < -0.3 is 5.32 Å². The Kier molecular flexibility index (Phi) is 2.12. The van der Waals surface area contributed by atoms with E-state index in [1.807, 2.05) is 13.8 Å². The van der Waals surface area contributed by atoms with Crippen LogP contribution in [-0.2, 0) is 0 Å². The predicted octanol–water partition coefficient (Wildman–Crippen LogP) is 1.93. The standard InChI is InChI=1S/C6H11N.C2H6/c1-2-6(3-4-6)7-5-1;1-2/h7H,1-5H2;1-2H3. The minimum Gasteiger partial charge on any atom is -0.311 e. The van der Waals surface area contributed by atoms with Gasteiger partial charge in [0, 0.05) is 5.54 Å². The molecular weight excluding hydrogens is 110 g/mol. The van der Waals surface area contributed by atoms with Gasteiger partial charge in [0.1, 0.15) is 0 Å². The van der Waals surface area contributed by atoms with Crippen molar-refractivity contribution in [3.05, 3.63) is 0 Å². The van der Waals surface area contributed by atoms with Gasteiger partial charge in [0.2, 0.25) is 0 Å². The first-order valence-electron chi connectivity index (χ1n) is 4.16. The number of rotatable bonds is 0. The summed E-state index contributed by atoms with van der Waals surface area (Å²) in [6.45, 7) is 5.28. The summed E-state index contributed by atoms with van der Waals surface area (Å²) in [6, 6.07) is 0. The summed E-state index contributed by atoms with van der Waals surface area (Å²) in [6.07, 6.45) is 5.77. The van der Waals surface area contributed by atoms with Crippen molar-refractivity contribution in [2.75, 3.05) is 6.54 Å². The van der Waals surface area contributed by atoms with Crippen LogP contribution in [0.1, 0.15) is 39.5 Å². The van der Waals surface area contributed by atoms with Crippen LogP contribution in [0.2, 0.25) is 0 Å². The van der Waals surface area contributed by atoms with Crippen LogP contribution in [0.25, 0.3) is 0 Å². The highest BCUT2D eigenvalue weighted by Crippen LogP contribution is 2.42. The number of hydrogen-bond donors (Lipinski definition) is 1. The quantitative estimate of drug-likeness (QED) is 0.524. The largest absolute Gasteiger partial charge is 0.311 e. The Morgan fingerprint density at radius 3 is 2.00 bits per heavy atom. The minimum atomic E-state index is 0.694. The zero-order valence-electron chi connectivity index (χ0n) is 6.54. The van der Waals surface area contributed by atoms with Crippen molar-refractivity contribution in [3.63, 3.8) is 0 Å². The molecule has 1 heterocycles. The van der Waals surface area contributed by atoms with Gasteiger partial charge in [0.25, 0.3) is 0 Å². The number of hydrogen-bond acceptors (Lipinski definition) is 1. The lowest BCUT2D eigenvalue weighted by Gasteiger charge is -2.01. The summed E-state index contributed by atoms with van der Waals surface area (Å²) in [5.74, 6) is 0. The Bertz CT molecular complexity index is 76.6. The fourth-order valence-electron chi connectivity index (χ4n) is 1.45. The molecule has 0 aromatic carbocycles. The highest BCUT2D eigenvalue weighted by molar-refractivity contribution is 5.04. The van der Waals surface area contributed by atoms with Crippen molar-refractivity contribution in [2.45, 2.75) is 45.1 Å². The molecule has 9 heavy (non-hydrogen) atoms. The van der Waals surface area contributed by atoms with Gasteiger partial charge in [-0.2, -0.15) is 0 Å². The van der Waals surface area contributed by atoms with E-state index in [1.54, 1.807) is 0 Å². The van der Waals surface area contributed by atoms with Gasteiger partial charge in [-0.1, -0.05) is 13.8 Å². The van der Waals surface area contributed by atoms with Gasteiger partial charge in [0.05, 0.1) is 0 Å². The normalized spacial score (nSPS) is 27.3. The first kappa shape index (κ1) is 7.07. The van der Waals surface area contributed by atoms with E-state index in [1.165, 1.54) is 32.2 Å². The minimum absolute atomic E-state index is 0.694. The van der Waals surface area contributed by atoms with Crippen LogP contribution in [-0.4, -0.2) is 12.1 Å². The van der Waals surface area contributed by atoms with Gasteiger partial charge in [-0.3, -0.25) is 0 Å². The predicted molar refractivity (Wildman–Crippen MR) is 40.5 cm³/mol. The molecule has 1 aliphatic heterocycles. The molecule has 1 saturated carbocycles. The molecule has 2 fully saturated rings. The van der Waals surface area contributed by atoms with Crippen molar-refractivity contribution in [2.24, 2.45) is 0 Å². The third kappa shape index (κ3) is 1.45. The smallest absolute Gasteiger partial charge is 0.0183 e. The third-order valence-corrected chi connectivity index (χ3v) is 2.19. The van der Waals surface area contributed by atoms with Crippen molar-refractivity contribution in [1.82, 2.24) is 5.32 Å². The topological polar surface area (TPSA) is 12.0 Å². The second kappa shape index (κ2) is 2.70. The Balaban J connectivity index is 0.000000186. The van der Waals surface area contributed by atoms with Crippen LogP contribution in [0.5, 0.6) is 0 Å². The van der Waals surface area contributed by atoms with Crippen LogP contribution >= 0.6 is 0 Å². The van der Waals surface area contributed by atoms with Crippen LogP contribution in [0.3, 0.4) is 0 Å². The van der Waals surface area contributed by atoms with E-state index in [0.717, 1.165) is 0 Å². The maximum atomic E-state index is 3.51.